The van der Waals surface area contributed by atoms with Gasteiger partial charge in [0.1, 0.15) is 0 Å². The van der Waals surface area contributed by atoms with Crippen LogP contribution >= 0.6 is 11.3 Å². The largest absolute Gasteiger partial charge is 0.396 e. The summed E-state index contributed by atoms with van der Waals surface area (Å²) in [5.41, 5.74) is 7.36. The first-order chi connectivity index (χ1) is 5.34. The van der Waals surface area contributed by atoms with Crippen molar-refractivity contribution in [2.75, 3.05) is 13.7 Å². The first-order valence-electron chi connectivity index (χ1n) is 3.42. The number of rotatable bonds is 2. The van der Waals surface area contributed by atoms with Gasteiger partial charge >= 0.3 is 0 Å². The minimum atomic E-state index is 0.225. The molecule has 0 atom stereocenters. The van der Waals surface area contributed by atoms with Crippen molar-refractivity contribution >= 4 is 11.3 Å². The van der Waals surface area contributed by atoms with E-state index in [4.69, 9.17) is 5.11 Å². The van der Waals surface area contributed by atoms with Gasteiger partial charge in [-0.1, -0.05) is 0 Å². The molecule has 0 unspecified atom stereocenters. The highest BCUT2D eigenvalue weighted by atomic mass is 32.1. The average Bonchev–Trinajstić information content (AvgIpc) is 2.42. The first-order valence-corrected chi connectivity index (χ1v) is 4.30. The molecule has 11 heavy (non-hydrogen) atoms. The van der Waals surface area contributed by atoms with Gasteiger partial charge in [-0.3, -0.25) is 0 Å². The smallest absolute Gasteiger partial charge is 0.0797 e. The maximum atomic E-state index is 8.54. The lowest BCUT2D eigenvalue weighted by molar-refractivity contribution is 0.300. The van der Waals surface area contributed by atoms with Crippen molar-refractivity contribution < 1.29 is 5.11 Å². The SMILES string of the molecule is CN.Cc1ncsc1CCO. The van der Waals surface area contributed by atoms with Gasteiger partial charge in [0.15, 0.2) is 0 Å². The molecule has 0 fully saturated rings. The van der Waals surface area contributed by atoms with Crippen molar-refractivity contribution in [1.82, 2.24) is 4.98 Å². The Morgan fingerprint density at radius 2 is 2.27 bits per heavy atom. The molecule has 0 bridgehead atoms. The Labute approximate surface area is 70.9 Å². The number of thiazole rings is 1. The molecule has 3 nitrogen and oxygen atoms in total. The van der Waals surface area contributed by atoms with Crippen LogP contribution in [0.15, 0.2) is 5.51 Å². The molecule has 0 aliphatic heterocycles. The highest BCUT2D eigenvalue weighted by molar-refractivity contribution is 7.09. The normalized spacial score (nSPS) is 8.73. The van der Waals surface area contributed by atoms with Gasteiger partial charge in [0.25, 0.3) is 0 Å². The van der Waals surface area contributed by atoms with Gasteiger partial charge in [0.05, 0.1) is 11.2 Å². The van der Waals surface area contributed by atoms with Crippen LogP contribution in [0.5, 0.6) is 0 Å². The van der Waals surface area contributed by atoms with Crippen molar-refractivity contribution in [3.8, 4) is 0 Å². The highest BCUT2D eigenvalue weighted by Crippen LogP contribution is 2.11. The predicted octanol–water partition coefficient (Wildman–Crippen LogP) is 0.561. The van der Waals surface area contributed by atoms with Crippen LogP contribution in [0.3, 0.4) is 0 Å². The molecule has 0 radical (unpaired) electrons. The Kier molecular flexibility index (Phi) is 6.02. The molecule has 0 saturated carbocycles. The van der Waals surface area contributed by atoms with Gasteiger partial charge in [-0.25, -0.2) is 4.98 Å². The molecule has 1 rings (SSSR count). The Balaban J connectivity index is 0.000000461. The number of nitrogens with two attached hydrogens (primary N) is 1. The van der Waals surface area contributed by atoms with Crippen LogP contribution in [0.25, 0.3) is 0 Å². The lowest BCUT2D eigenvalue weighted by Gasteiger charge is -1.90. The minimum absolute atomic E-state index is 0.225. The lowest BCUT2D eigenvalue weighted by atomic mass is 10.3. The molecule has 0 aliphatic carbocycles. The summed E-state index contributed by atoms with van der Waals surface area (Å²) in [6.07, 6.45) is 0.747. The number of nitrogens with zero attached hydrogens (tertiary/aromatic N) is 1. The molecule has 3 N–H and O–H groups in total. The summed E-state index contributed by atoms with van der Waals surface area (Å²) in [4.78, 5) is 5.23. The Hall–Kier alpha value is -0.450. The third-order valence-electron chi connectivity index (χ3n) is 1.18. The van der Waals surface area contributed by atoms with E-state index in [1.165, 1.54) is 11.9 Å². The van der Waals surface area contributed by atoms with E-state index in [0.29, 0.717) is 0 Å². The van der Waals surface area contributed by atoms with Crippen molar-refractivity contribution in [3.05, 3.63) is 16.1 Å². The van der Waals surface area contributed by atoms with Crippen LogP contribution < -0.4 is 5.73 Å². The highest BCUT2D eigenvalue weighted by Gasteiger charge is 1.97. The fraction of sp³-hybridized carbons (Fsp3) is 0.571. The minimum Gasteiger partial charge on any atom is -0.396 e. The van der Waals surface area contributed by atoms with E-state index in [-0.39, 0.29) is 6.61 Å². The van der Waals surface area contributed by atoms with Gasteiger partial charge < -0.3 is 10.8 Å². The van der Waals surface area contributed by atoms with Gasteiger partial charge in [-0.2, -0.15) is 0 Å². The van der Waals surface area contributed by atoms with E-state index in [1.807, 2.05) is 6.92 Å². The Morgan fingerprint density at radius 1 is 1.64 bits per heavy atom. The molecule has 0 aliphatic rings. The number of hydrogen-bond acceptors (Lipinski definition) is 4. The topological polar surface area (TPSA) is 59.1 Å². The van der Waals surface area contributed by atoms with Crippen LogP contribution in [-0.2, 0) is 6.42 Å². The molecule has 1 heterocycles. The van der Waals surface area contributed by atoms with Gasteiger partial charge in [0.2, 0.25) is 0 Å². The summed E-state index contributed by atoms with van der Waals surface area (Å²) in [5, 5.41) is 8.54. The molecule has 0 saturated heterocycles. The van der Waals surface area contributed by atoms with E-state index in [0.717, 1.165) is 12.1 Å². The molecule has 0 amide bonds. The summed E-state index contributed by atoms with van der Waals surface area (Å²) in [7, 11) is 1.50. The second-order valence-corrected chi connectivity index (χ2v) is 2.77. The van der Waals surface area contributed by atoms with Crippen molar-refractivity contribution in [3.63, 3.8) is 0 Å². The van der Waals surface area contributed by atoms with E-state index >= 15 is 0 Å². The zero-order valence-corrected chi connectivity index (χ0v) is 7.69. The number of aromatic nitrogens is 1. The summed E-state index contributed by atoms with van der Waals surface area (Å²) in [6, 6.07) is 0. The zero-order chi connectivity index (χ0) is 8.69. The molecule has 4 heteroatoms. The van der Waals surface area contributed by atoms with Crippen LogP contribution in [-0.4, -0.2) is 23.7 Å². The molecule has 0 aromatic carbocycles. The second kappa shape index (κ2) is 6.27. The fourth-order valence-corrected chi connectivity index (χ4v) is 1.44. The Bertz CT molecular complexity index is 188. The van der Waals surface area contributed by atoms with E-state index in [9.17, 15) is 0 Å². The fourth-order valence-electron chi connectivity index (χ4n) is 0.668. The van der Waals surface area contributed by atoms with Gasteiger partial charge in [-0.15, -0.1) is 11.3 Å². The van der Waals surface area contributed by atoms with Crippen molar-refractivity contribution in [2.45, 2.75) is 13.3 Å². The third-order valence-corrected chi connectivity index (χ3v) is 2.18. The third kappa shape index (κ3) is 3.46. The van der Waals surface area contributed by atoms with Gasteiger partial charge in [-0.05, 0) is 14.0 Å². The van der Waals surface area contributed by atoms with Crippen molar-refractivity contribution in [1.29, 1.82) is 0 Å². The van der Waals surface area contributed by atoms with Crippen LogP contribution in [0.4, 0.5) is 0 Å². The lowest BCUT2D eigenvalue weighted by Crippen LogP contribution is -1.88. The van der Waals surface area contributed by atoms with Crippen LogP contribution in [0.1, 0.15) is 10.6 Å². The monoisotopic (exact) mass is 174 g/mol. The van der Waals surface area contributed by atoms with Crippen molar-refractivity contribution in [2.24, 2.45) is 5.73 Å². The number of hydrogen-bond donors (Lipinski definition) is 2. The summed E-state index contributed by atoms with van der Waals surface area (Å²) < 4.78 is 0. The standard InChI is InChI=1S/C6H9NOS.CH5N/c1-5-6(2-3-8)9-4-7-5;1-2/h4,8H,2-3H2,1H3;2H2,1H3. The summed E-state index contributed by atoms with van der Waals surface area (Å²) in [6.45, 7) is 2.19. The molecule has 1 aromatic heterocycles. The van der Waals surface area contributed by atoms with E-state index in [1.54, 1.807) is 16.8 Å². The maximum Gasteiger partial charge on any atom is 0.0797 e. The molecular formula is C7H14N2OS. The predicted molar refractivity (Wildman–Crippen MR) is 47.8 cm³/mol. The first kappa shape index (κ1) is 10.6. The molecule has 1 aromatic rings. The molecular weight excluding hydrogens is 160 g/mol. The summed E-state index contributed by atoms with van der Waals surface area (Å²) >= 11 is 1.60. The van der Waals surface area contributed by atoms with Crippen LogP contribution in [0.2, 0.25) is 0 Å². The maximum absolute atomic E-state index is 8.54. The molecule has 64 valence electrons. The summed E-state index contributed by atoms with van der Waals surface area (Å²) in [5.74, 6) is 0. The average molecular weight is 174 g/mol. The number of aliphatic hydroxyl groups excluding tert-OH is 1. The van der Waals surface area contributed by atoms with E-state index < -0.39 is 0 Å². The van der Waals surface area contributed by atoms with Crippen LogP contribution in [0, 0.1) is 6.92 Å². The zero-order valence-electron chi connectivity index (χ0n) is 6.87. The molecule has 0 spiro atoms. The quantitative estimate of drug-likeness (QED) is 0.689. The number of aliphatic hydroxyl groups is 1. The Morgan fingerprint density at radius 3 is 2.64 bits per heavy atom. The van der Waals surface area contributed by atoms with E-state index in [2.05, 4.69) is 10.7 Å². The van der Waals surface area contributed by atoms with Gasteiger partial charge in [0, 0.05) is 17.9 Å². The second-order valence-electron chi connectivity index (χ2n) is 1.83. The number of aryl methyl sites for hydroxylation is 1.